The van der Waals surface area contributed by atoms with Crippen LogP contribution in [0.1, 0.15) is 37.7 Å². The van der Waals surface area contributed by atoms with Crippen LogP contribution in [0.3, 0.4) is 0 Å². The summed E-state index contributed by atoms with van der Waals surface area (Å²) in [6.45, 7) is -0.310. The smallest absolute Gasteiger partial charge is 0.275 e. The Labute approximate surface area is 183 Å². The van der Waals surface area contributed by atoms with Gasteiger partial charge in [-0.25, -0.2) is 8.78 Å². The fraction of sp³-hybridized carbons (Fsp3) is 0.318. The van der Waals surface area contributed by atoms with Gasteiger partial charge in [0, 0.05) is 17.3 Å². The SMILES string of the molecule is Nc1ccc(C2=NC3(CCCCC3)N(CC(=O)Nc3cc(F)cc(F)c3Cl)C2=O)cc1. The Morgan fingerprint density at radius 3 is 2.52 bits per heavy atom. The molecule has 1 aliphatic carbocycles. The average Bonchev–Trinajstić information content (AvgIpc) is 2.98. The Hall–Kier alpha value is -3.00. The lowest BCUT2D eigenvalue weighted by Crippen LogP contribution is -2.51. The van der Waals surface area contributed by atoms with Crippen molar-refractivity contribution in [2.75, 3.05) is 17.6 Å². The summed E-state index contributed by atoms with van der Waals surface area (Å²) in [5.41, 5.74) is 6.23. The van der Waals surface area contributed by atoms with E-state index < -0.39 is 28.2 Å². The Morgan fingerprint density at radius 1 is 1.16 bits per heavy atom. The highest BCUT2D eigenvalue weighted by molar-refractivity contribution is 6.47. The van der Waals surface area contributed by atoms with Gasteiger partial charge in [-0.3, -0.25) is 14.6 Å². The maximum atomic E-state index is 13.7. The van der Waals surface area contributed by atoms with Crippen LogP contribution in [0.2, 0.25) is 5.02 Å². The Bertz CT molecular complexity index is 1070. The lowest BCUT2D eigenvalue weighted by atomic mass is 9.88. The Kier molecular flexibility index (Phi) is 5.66. The number of carbonyl (C=O) groups excluding carboxylic acids is 2. The van der Waals surface area contributed by atoms with Gasteiger partial charge in [0.15, 0.2) is 0 Å². The van der Waals surface area contributed by atoms with Gasteiger partial charge in [-0.15, -0.1) is 0 Å². The molecule has 6 nitrogen and oxygen atoms in total. The van der Waals surface area contributed by atoms with E-state index in [1.807, 2.05) is 0 Å². The van der Waals surface area contributed by atoms with Gasteiger partial charge in [0.1, 0.15) is 34.6 Å². The second-order valence-corrected chi connectivity index (χ2v) is 8.19. The predicted molar refractivity (Wildman–Crippen MR) is 115 cm³/mol. The number of hydrogen-bond donors (Lipinski definition) is 2. The molecule has 0 atom stereocenters. The molecule has 1 fully saturated rings. The number of anilines is 2. The van der Waals surface area contributed by atoms with Crippen LogP contribution >= 0.6 is 11.6 Å². The molecule has 3 N–H and O–H groups in total. The number of hydrogen-bond acceptors (Lipinski definition) is 4. The topological polar surface area (TPSA) is 87.8 Å². The van der Waals surface area contributed by atoms with Gasteiger partial charge in [-0.05, 0) is 43.9 Å². The fourth-order valence-corrected chi connectivity index (χ4v) is 4.32. The van der Waals surface area contributed by atoms with Gasteiger partial charge >= 0.3 is 0 Å². The number of amides is 2. The van der Waals surface area contributed by atoms with E-state index in [0.717, 1.165) is 25.3 Å². The van der Waals surface area contributed by atoms with Gasteiger partial charge in [0.2, 0.25) is 5.91 Å². The maximum absolute atomic E-state index is 13.7. The largest absolute Gasteiger partial charge is 0.399 e. The Morgan fingerprint density at radius 2 is 1.84 bits per heavy atom. The minimum absolute atomic E-state index is 0.187. The molecular formula is C22H21ClF2N4O2. The van der Waals surface area contributed by atoms with Crippen LogP contribution in [0, 0.1) is 11.6 Å². The molecule has 0 aromatic heterocycles. The van der Waals surface area contributed by atoms with E-state index in [1.165, 1.54) is 4.90 Å². The average molecular weight is 447 g/mol. The first-order valence-corrected chi connectivity index (χ1v) is 10.4. The van der Waals surface area contributed by atoms with Crippen molar-refractivity contribution in [3.05, 3.63) is 58.6 Å². The molecule has 0 radical (unpaired) electrons. The molecule has 0 bridgehead atoms. The summed E-state index contributed by atoms with van der Waals surface area (Å²) in [5.74, 6) is -2.82. The van der Waals surface area contributed by atoms with Crippen LogP contribution in [0.15, 0.2) is 41.4 Å². The number of nitrogen functional groups attached to an aromatic ring is 1. The third-order valence-electron chi connectivity index (χ3n) is 5.68. The molecule has 2 aliphatic rings. The lowest BCUT2D eigenvalue weighted by molar-refractivity contribution is -0.134. The van der Waals surface area contributed by atoms with E-state index in [9.17, 15) is 18.4 Å². The quantitative estimate of drug-likeness (QED) is 0.546. The fourth-order valence-electron chi connectivity index (χ4n) is 4.16. The first-order valence-electron chi connectivity index (χ1n) is 10.0. The molecule has 1 saturated carbocycles. The number of halogens is 3. The molecule has 1 spiro atoms. The molecule has 0 unspecified atom stereocenters. The Balaban J connectivity index is 1.60. The molecule has 2 amide bonds. The van der Waals surface area contributed by atoms with E-state index >= 15 is 0 Å². The third-order valence-corrected chi connectivity index (χ3v) is 6.06. The maximum Gasteiger partial charge on any atom is 0.275 e. The van der Waals surface area contributed by atoms with Crippen molar-refractivity contribution in [3.8, 4) is 0 Å². The molecule has 2 aromatic carbocycles. The summed E-state index contributed by atoms with van der Waals surface area (Å²) in [6.07, 6.45) is 4.07. The molecule has 4 rings (SSSR count). The first-order chi connectivity index (χ1) is 14.8. The number of benzene rings is 2. The number of nitrogens with zero attached hydrogens (tertiary/aromatic N) is 2. The summed E-state index contributed by atoms with van der Waals surface area (Å²) in [6, 6.07) is 8.39. The normalized spacial score (nSPS) is 17.7. The van der Waals surface area contributed by atoms with Crippen molar-refractivity contribution < 1.29 is 18.4 Å². The highest BCUT2D eigenvalue weighted by Gasteiger charge is 2.48. The molecule has 0 saturated heterocycles. The molecule has 1 heterocycles. The van der Waals surface area contributed by atoms with E-state index in [4.69, 9.17) is 22.3 Å². The van der Waals surface area contributed by atoms with Crippen molar-refractivity contribution in [1.29, 1.82) is 0 Å². The molecule has 1 aliphatic heterocycles. The highest BCUT2D eigenvalue weighted by atomic mass is 35.5. The van der Waals surface area contributed by atoms with Crippen molar-refractivity contribution in [1.82, 2.24) is 4.90 Å². The van der Waals surface area contributed by atoms with Crippen LogP contribution in [-0.2, 0) is 9.59 Å². The number of rotatable bonds is 4. The molecule has 31 heavy (non-hydrogen) atoms. The van der Waals surface area contributed by atoms with Gasteiger partial charge in [-0.1, -0.05) is 30.2 Å². The first kappa shape index (κ1) is 21.2. The predicted octanol–water partition coefficient (Wildman–Crippen LogP) is 4.13. The van der Waals surface area contributed by atoms with Gasteiger partial charge < -0.3 is 16.0 Å². The zero-order chi connectivity index (χ0) is 22.2. The standard InChI is InChI=1S/C22H21ClF2N4O2/c23-19-16(25)10-14(24)11-17(19)27-18(30)12-29-21(31)20(13-4-6-15(26)7-5-13)28-22(29)8-2-1-3-9-22/h4-7,10-11H,1-3,8-9,12,26H2,(H,27,30). The molecular weight excluding hydrogens is 426 g/mol. The van der Waals surface area contributed by atoms with Crippen LogP contribution in [-0.4, -0.2) is 34.6 Å². The van der Waals surface area contributed by atoms with Gasteiger partial charge in [0.25, 0.3) is 5.91 Å². The van der Waals surface area contributed by atoms with Crippen molar-refractivity contribution in [2.45, 2.75) is 37.8 Å². The van der Waals surface area contributed by atoms with E-state index in [0.29, 0.717) is 30.2 Å². The third kappa shape index (κ3) is 4.12. The summed E-state index contributed by atoms with van der Waals surface area (Å²) >= 11 is 5.84. The highest BCUT2D eigenvalue weighted by Crippen LogP contribution is 2.39. The number of nitrogens with one attached hydrogen (secondary N) is 1. The second kappa shape index (κ2) is 8.26. The van der Waals surface area contributed by atoms with Crippen LogP contribution in [0.4, 0.5) is 20.2 Å². The summed E-state index contributed by atoms with van der Waals surface area (Å²) in [4.78, 5) is 32.2. The van der Waals surface area contributed by atoms with Crippen LogP contribution in [0.25, 0.3) is 0 Å². The monoisotopic (exact) mass is 446 g/mol. The minimum Gasteiger partial charge on any atom is -0.399 e. The van der Waals surface area contributed by atoms with E-state index in [2.05, 4.69) is 5.32 Å². The van der Waals surface area contributed by atoms with E-state index in [1.54, 1.807) is 24.3 Å². The second-order valence-electron chi connectivity index (χ2n) is 7.81. The zero-order valence-electron chi connectivity index (χ0n) is 16.6. The van der Waals surface area contributed by atoms with Gasteiger partial charge in [0.05, 0.1) is 5.69 Å². The zero-order valence-corrected chi connectivity index (χ0v) is 17.4. The number of nitrogens with two attached hydrogens (primary N) is 1. The molecule has 9 heteroatoms. The minimum atomic E-state index is -0.980. The van der Waals surface area contributed by atoms with Crippen LogP contribution < -0.4 is 11.1 Å². The van der Waals surface area contributed by atoms with Crippen LogP contribution in [0.5, 0.6) is 0 Å². The van der Waals surface area contributed by atoms with Crippen molar-refractivity contribution >= 4 is 40.5 Å². The summed E-state index contributed by atoms with van der Waals surface area (Å²) < 4.78 is 27.2. The molecule has 2 aromatic rings. The summed E-state index contributed by atoms with van der Waals surface area (Å²) in [5, 5.41) is 2.02. The van der Waals surface area contributed by atoms with Gasteiger partial charge in [-0.2, -0.15) is 0 Å². The number of aliphatic imine (C=N–C) groups is 1. The summed E-state index contributed by atoms with van der Waals surface area (Å²) in [7, 11) is 0. The van der Waals surface area contributed by atoms with Crippen molar-refractivity contribution in [3.63, 3.8) is 0 Å². The molecule has 162 valence electrons. The van der Waals surface area contributed by atoms with Crippen molar-refractivity contribution in [2.24, 2.45) is 4.99 Å². The number of carbonyl (C=O) groups is 2. The lowest BCUT2D eigenvalue weighted by Gasteiger charge is -2.38. The van der Waals surface area contributed by atoms with E-state index in [-0.39, 0.29) is 23.9 Å².